The molecule has 1 atom stereocenters. The molecular weight excluding hydrogens is 481 g/mol. The van der Waals surface area contributed by atoms with E-state index in [1.165, 1.54) is 18.6 Å². The molecule has 11 heteroatoms. The Bertz CT molecular complexity index is 1440. The van der Waals surface area contributed by atoms with Crippen molar-refractivity contribution in [2.75, 3.05) is 18.1 Å². The zero-order valence-corrected chi connectivity index (χ0v) is 19.3. The Morgan fingerprint density at radius 3 is 2.88 bits per heavy atom. The van der Waals surface area contributed by atoms with E-state index < -0.39 is 11.4 Å². The number of rotatable bonds is 6. The van der Waals surface area contributed by atoms with Crippen LogP contribution in [0.5, 0.6) is 5.88 Å². The number of imidazole rings is 1. The first kappa shape index (κ1) is 22.2. The fourth-order valence-electron chi connectivity index (χ4n) is 4.27. The fraction of sp³-hybridized carbons (Fsp3) is 0.217. The van der Waals surface area contributed by atoms with Crippen molar-refractivity contribution in [3.05, 3.63) is 75.0 Å². The number of aromatic carboxylic acids is 1. The molecule has 0 aliphatic carbocycles. The number of aromatic amines is 1. The Labute approximate surface area is 203 Å². The first-order valence-electron chi connectivity index (χ1n) is 10.5. The van der Waals surface area contributed by atoms with Gasteiger partial charge in [-0.3, -0.25) is 4.79 Å². The molecule has 34 heavy (non-hydrogen) atoms. The van der Waals surface area contributed by atoms with Crippen LogP contribution in [0.2, 0.25) is 10.0 Å². The van der Waals surface area contributed by atoms with Crippen LogP contribution in [-0.4, -0.2) is 49.8 Å². The van der Waals surface area contributed by atoms with Crippen molar-refractivity contribution >= 4 is 45.8 Å². The number of aromatic nitrogens is 4. The maximum Gasteiger partial charge on any atom is 0.341 e. The summed E-state index contributed by atoms with van der Waals surface area (Å²) in [6.45, 7) is 1.10. The van der Waals surface area contributed by atoms with Crippen molar-refractivity contribution in [1.82, 2.24) is 19.5 Å². The van der Waals surface area contributed by atoms with Crippen molar-refractivity contribution in [2.45, 2.75) is 18.9 Å². The quantitative estimate of drug-likeness (QED) is 0.409. The molecule has 0 spiro atoms. The van der Waals surface area contributed by atoms with Crippen LogP contribution in [0.15, 0.2) is 54.0 Å². The summed E-state index contributed by atoms with van der Waals surface area (Å²) in [5.41, 5.74) is 0.282. The van der Waals surface area contributed by atoms with Crippen LogP contribution in [-0.2, 0) is 0 Å². The third-order valence-corrected chi connectivity index (χ3v) is 6.46. The number of H-pyrrole nitrogens is 1. The maximum absolute atomic E-state index is 12.9. The summed E-state index contributed by atoms with van der Waals surface area (Å²) in [6.07, 6.45) is 7.76. The highest BCUT2D eigenvalue weighted by atomic mass is 35.5. The largest absolute Gasteiger partial charge is 0.477 e. The predicted molar refractivity (Wildman–Crippen MR) is 129 cm³/mol. The molecule has 5 rings (SSSR count). The van der Waals surface area contributed by atoms with Gasteiger partial charge < -0.3 is 24.3 Å². The van der Waals surface area contributed by atoms with Crippen LogP contribution in [0.25, 0.3) is 16.7 Å². The number of hydrogen-bond acceptors (Lipinski definition) is 6. The summed E-state index contributed by atoms with van der Waals surface area (Å²) in [5.74, 6) is -0.424. The van der Waals surface area contributed by atoms with Crippen LogP contribution in [0, 0.1) is 0 Å². The van der Waals surface area contributed by atoms with Gasteiger partial charge in [0.2, 0.25) is 11.3 Å². The molecule has 3 aromatic heterocycles. The number of carboxylic acids is 1. The monoisotopic (exact) mass is 499 g/mol. The number of nitrogens with one attached hydrogen (secondary N) is 1. The summed E-state index contributed by atoms with van der Waals surface area (Å²) < 4.78 is 7.48. The van der Waals surface area contributed by atoms with Crippen LogP contribution >= 0.6 is 23.2 Å². The lowest BCUT2D eigenvalue weighted by Gasteiger charge is -2.28. The number of fused-ring (bicyclic) bond motifs is 1. The zero-order valence-electron chi connectivity index (χ0n) is 17.7. The number of anilines is 1. The smallest absolute Gasteiger partial charge is 0.341 e. The lowest BCUT2D eigenvalue weighted by atomic mass is 10.1. The van der Waals surface area contributed by atoms with Crippen molar-refractivity contribution in [3.8, 4) is 11.7 Å². The van der Waals surface area contributed by atoms with E-state index in [1.54, 1.807) is 35.2 Å². The first-order chi connectivity index (χ1) is 16.4. The van der Waals surface area contributed by atoms with Gasteiger partial charge in [0.25, 0.3) is 0 Å². The second-order valence-electron chi connectivity index (χ2n) is 7.90. The number of ether oxygens (including phenoxy) is 1. The Balaban J connectivity index is 1.57. The lowest BCUT2D eigenvalue weighted by molar-refractivity contribution is 0.0695. The topological polar surface area (TPSA) is 113 Å². The van der Waals surface area contributed by atoms with E-state index in [9.17, 15) is 14.7 Å². The van der Waals surface area contributed by atoms with Crippen LogP contribution in [0.3, 0.4) is 0 Å². The first-order valence-corrected chi connectivity index (χ1v) is 11.3. The van der Waals surface area contributed by atoms with Gasteiger partial charge in [-0.05, 0) is 37.1 Å². The molecule has 1 aliphatic rings. The summed E-state index contributed by atoms with van der Waals surface area (Å²) >= 11 is 12.8. The molecule has 4 aromatic rings. The number of pyridine rings is 2. The van der Waals surface area contributed by atoms with E-state index in [0.717, 1.165) is 25.1 Å². The molecular formula is C23H19Cl2N5O4. The van der Waals surface area contributed by atoms with Crippen LogP contribution in [0.1, 0.15) is 23.2 Å². The third-order valence-electron chi connectivity index (χ3n) is 5.87. The minimum Gasteiger partial charge on any atom is -0.477 e. The molecule has 174 valence electrons. The normalized spacial score (nSPS) is 15.7. The summed E-state index contributed by atoms with van der Waals surface area (Å²) in [7, 11) is 0. The van der Waals surface area contributed by atoms with E-state index in [-0.39, 0.29) is 17.0 Å². The average molecular weight is 500 g/mol. The van der Waals surface area contributed by atoms with Crippen molar-refractivity contribution in [2.24, 2.45) is 0 Å². The molecule has 1 saturated heterocycles. The van der Waals surface area contributed by atoms with Gasteiger partial charge in [-0.15, -0.1) is 0 Å². The van der Waals surface area contributed by atoms with Crippen LogP contribution < -0.4 is 15.1 Å². The Morgan fingerprint density at radius 1 is 1.29 bits per heavy atom. The van der Waals surface area contributed by atoms with E-state index in [0.29, 0.717) is 33.9 Å². The van der Waals surface area contributed by atoms with Gasteiger partial charge in [0.05, 0.1) is 34.8 Å². The Morgan fingerprint density at radius 2 is 2.15 bits per heavy atom. The predicted octanol–water partition coefficient (Wildman–Crippen LogP) is 4.16. The molecule has 2 N–H and O–H groups in total. The molecule has 9 nitrogen and oxygen atoms in total. The van der Waals surface area contributed by atoms with Crippen LogP contribution in [0.4, 0.5) is 5.69 Å². The number of benzene rings is 1. The molecule has 0 radical (unpaired) electrons. The second kappa shape index (κ2) is 9.00. The zero-order chi connectivity index (χ0) is 23.8. The second-order valence-corrected chi connectivity index (χ2v) is 8.71. The minimum absolute atomic E-state index is 0.0126. The number of carbonyl (C=O) groups is 1. The molecule has 1 fully saturated rings. The Hall–Kier alpha value is -3.56. The van der Waals surface area contributed by atoms with Gasteiger partial charge in [0.15, 0.2) is 0 Å². The van der Waals surface area contributed by atoms with E-state index in [2.05, 4.69) is 19.9 Å². The van der Waals surface area contributed by atoms with Gasteiger partial charge in [0.1, 0.15) is 23.0 Å². The molecule has 0 amide bonds. The Kier molecular flexibility index (Phi) is 5.89. The lowest BCUT2D eigenvalue weighted by Crippen LogP contribution is -2.34. The molecule has 1 aromatic carbocycles. The molecule has 0 saturated carbocycles. The molecule has 0 bridgehead atoms. The van der Waals surface area contributed by atoms with Crippen molar-refractivity contribution < 1.29 is 14.6 Å². The highest BCUT2D eigenvalue weighted by molar-refractivity contribution is 6.34. The van der Waals surface area contributed by atoms with Gasteiger partial charge in [0, 0.05) is 24.3 Å². The van der Waals surface area contributed by atoms with Gasteiger partial charge in [-0.25, -0.2) is 14.8 Å². The van der Waals surface area contributed by atoms with Gasteiger partial charge >= 0.3 is 5.97 Å². The fourth-order valence-corrected chi connectivity index (χ4v) is 4.71. The highest BCUT2D eigenvalue weighted by Crippen LogP contribution is 2.35. The molecule has 4 heterocycles. The third kappa shape index (κ3) is 3.97. The number of carboxylic acid groups (broad SMARTS) is 1. The summed E-state index contributed by atoms with van der Waals surface area (Å²) in [6, 6.07) is 6.80. The molecule has 0 unspecified atom stereocenters. The van der Waals surface area contributed by atoms with E-state index in [1.807, 2.05) is 0 Å². The van der Waals surface area contributed by atoms with Gasteiger partial charge in [-0.1, -0.05) is 23.2 Å². The minimum atomic E-state index is -1.31. The number of halogens is 2. The highest BCUT2D eigenvalue weighted by Gasteiger charge is 2.28. The van der Waals surface area contributed by atoms with Gasteiger partial charge in [-0.2, -0.15) is 0 Å². The number of nitrogens with zero attached hydrogens (tertiary/aromatic N) is 4. The standard InChI is InChI=1S/C23H19Cl2N5O4/c24-16-4-1-5-27-22(16)34-11-13-3-2-6-29(13)19-8-18-14(7-17(19)25)21(31)15(23(32)33)10-30(18)20-9-26-12-28-20/h1,4-5,7-10,12-13H,2-3,6,11H2,(H,26,28)(H,32,33)/t13-/m1/s1. The molecule has 1 aliphatic heterocycles. The maximum atomic E-state index is 12.9. The van der Waals surface area contributed by atoms with E-state index >= 15 is 0 Å². The average Bonchev–Trinajstić information content (AvgIpc) is 3.51. The summed E-state index contributed by atoms with van der Waals surface area (Å²) in [5, 5.41) is 10.5. The summed E-state index contributed by atoms with van der Waals surface area (Å²) in [4.78, 5) is 37.9. The SMILES string of the molecule is O=C(O)c1cn(-c2cnc[nH]2)c2cc(N3CCC[C@@H]3COc3ncccc3Cl)c(Cl)cc2c1=O. The van der Waals surface area contributed by atoms with Crippen molar-refractivity contribution in [1.29, 1.82) is 0 Å². The van der Waals surface area contributed by atoms with Crippen molar-refractivity contribution in [3.63, 3.8) is 0 Å². The number of hydrogen-bond donors (Lipinski definition) is 2. The van der Waals surface area contributed by atoms with E-state index in [4.69, 9.17) is 27.9 Å².